The molecule has 1 fully saturated rings. The van der Waals surface area contributed by atoms with Crippen LogP contribution in [-0.2, 0) is 19.1 Å². The Morgan fingerprint density at radius 2 is 1.86 bits per heavy atom. The Hall–Kier alpha value is -3.30. The molecule has 1 aliphatic heterocycles. The zero-order valence-corrected chi connectivity index (χ0v) is 17.0. The van der Waals surface area contributed by atoms with Crippen LogP contribution >= 0.6 is 0 Å². The predicted octanol–water partition coefficient (Wildman–Crippen LogP) is 1.29. The first-order valence-electron chi connectivity index (χ1n) is 9.01. The number of esters is 1. The Morgan fingerprint density at radius 3 is 2.41 bits per heavy atom. The molecule has 1 aromatic rings. The molecule has 1 saturated heterocycles. The van der Waals surface area contributed by atoms with Crippen LogP contribution in [0.2, 0.25) is 0 Å². The van der Waals surface area contributed by atoms with Crippen LogP contribution in [0.3, 0.4) is 0 Å². The van der Waals surface area contributed by atoms with Crippen LogP contribution in [0.5, 0.6) is 11.5 Å². The number of imide groups is 1. The van der Waals surface area contributed by atoms with E-state index >= 15 is 0 Å². The summed E-state index contributed by atoms with van der Waals surface area (Å²) in [6.45, 7) is 4.14. The number of anilines is 1. The Kier molecular flexibility index (Phi) is 6.68. The number of benzene rings is 1. The first kappa shape index (κ1) is 22.0. The van der Waals surface area contributed by atoms with Crippen LogP contribution in [0.1, 0.15) is 27.2 Å². The molecule has 2 atom stereocenters. The molecule has 29 heavy (non-hydrogen) atoms. The summed E-state index contributed by atoms with van der Waals surface area (Å²) in [5, 5.41) is 5.14. The molecule has 1 aromatic carbocycles. The van der Waals surface area contributed by atoms with Gasteiger partial charge in [0.15, 0.2) is 17.6 Å². The number of ether oxygens (including phenoxy) is 3. The van der Waals surface area contributed by atoms with Crippen molar-refractivity contribution in [2.24, 2.45) is 0 Å². The van der Waals surface area contributed by atoms with Gasteiger partial charge in [-0.3, -0.25) is 19.3 Å². The Morgan fingerprint density at radius 1 is 1.21 bits per heavy atom. The second kappa shape index (κ2) is 8.80. The van der Waals surface area contributed by atoms with Gasteiger partial charge in [0, 0.05) is 11.8 Å². The van der Waals surface area contributed by atoms with Gasteiger partial charge in [-0.1, -0.05) is 6.92 Å². The van der Waals surface area contributed by atoms with E-state index in [0.717, 1.165) is 4.90 Å². The van der Waals surface area contributed by atoms with Crippen LogP contribution in [0.4, 0.5) is 10.5 Å². The molecule has 2 N–H and O–H groups in total. The van der Waals surface area contributed by atoms with Gasteiger partial charge in [0.05, 0.1) is 14.2 Å². The van der Waals surface area contributed by atoms with Gasteiger partial charge >= 0.3 is 12.0 Å². The van der Waals surface area contributed by atoms with E-state index in [1.807, 2.05) is 0 Å². The number of hydrogen-bond acceptors (Lipinski definition) is 7. The molecule has 4 amide bonds. The van der Waals surface area contributed by atoms with Crippen LogP contribution < -0.4 is 20.1 Å². The predicted molar refractivity (Wildman–Crippen MR) is 103 cm³/mol. The quantitative estimate of drug-likeness (QED) is 0.492. The number of carbonyl (C=O) groups excluding carboxylic acids is 4. The highest BCUT2D eigenvalue weighted by Crippen LogP contribution is 2.29. The van der Waals surface area contributed by atoms with Gasteiger partial charge < -0.3 is 24.8 Å². The minimum absolute atomic E-state index is 0.382. The summed E-state index contributed by atoms with van der Waals surface area (Å²) in [5.74, 6) is -1.04. The molecule has 1 aliphatic rings. The molecule has 158 valence electrons. The molecule has 0 saturated carbocycles. The molecule has 2 rings (SSSR count). The fourth-order valence-electron chi connectivity index (χ4n) is 2.71. The first-order valence-corrected chi connectivity index (χ1v) is 9.01. The first-order chi connectivity index (χ1) is 13.6. The van der Waals surface area contributed by atoms with E-state index < -0.39 is 42.0 Å². The van der Waals surface area contributed by atoms with Crippen molar-refractivity contribution in [3.8, 4) is 11.5 Å². The van der Waals surface area contributed by atoms with Gasteiger partial charge in [-0.2, -0.15) is 0 Å². The van der Waals surface area contributed by atoms with Crippen molar-refractivity contribution < 1.29 is 33.4 Å². The SMILES string of the molecule is CCC1(C)NC(=O)N(CC(=O)OC(C)C(=O)Nc2ccc(OC)c(OC)c2)C1=O. The smallest absolute Gasteiger partial charge is 0.327 e. The molecule has 0 bridgehead atoms. The second-order valence-corrected chi connectivity index (χ2v) is 6.70. The van der Waals surface area contributed by atoms with Crippen molar-refractivity contribution in [2.45, 2.75) is 38.8 Å². The Balaban J connectivity index is 1.95. The van der Waals surface area contributed by atoms with E-state index in [9.17, 15) is 19.2 Å². The van der Waals surface area contributed by atoms with Gasteiger partial charge in [-0.15, -0.1) is 0 Å². The molecule has 10 nitrogen and oxygen atoms in total. The lowest BCUT2D eigenvalue weighted by Gasteiger charge is -2.19. The summed E-state index contributed by atoms with van der Waals surface area (Å²) in [5.41, 5.74) is -0.628. The Bertz CT molecular complexity index is 826. The maximum atomic E-state index is 12.3. The number of rotatable bonds is 8. The summed E-state index contributed by atoms with van der Waals surface area (Å²) < 4.78 is 15.4. The molecular formula is C19H25N3O7. The highest BCUT2D eigenvalue weighted by Gasteiger charge is 2.47. The summed E-state index contributed by atoms with van der Waals surface area (Å²) in [7, 11) is 2.96. The molecule has 0 radical (unpaired) electrons. The summed E-state index contributed by atoms with van der Waals surface area (Å²) in [6.07, 6.45) is -0.762. The van der Waals surface area contributed by atoms with Crippen LogP contribution in [0.15, 0.2) is 18.2 Å². The van der Waals surface area contributed by atoms with Crippen LogP contribution in [0.25, 0.3) is 0 Å². The summed E-state index contributed by atoms with van der Waals surface area (Å²) >= 11 is 0. The monoisotopic (exact) mass is 407 g/mol. The molecular weight excluding hydrogens is 382 g/mol. The second-order valence-electron chi connectivity index (χ2n) is 6.70. The lowest BCUT2D eigenvalue weighted by Crippen LogP contribution is -2.44. The van der Waals surface area contributed by atoms with Crippen LogP contribution in [-0.4, -0.2) is 61.1 Å². The molecule has 0 aromatic heterocycles. The fourth-order valence-corrected chi connectivity index (χ4v) is 2.71. The van der Waals surface area contributed by atoms with Gasteiger partial charge in [-0.05, 0) is 32.4 Å². The van der Waals surface area contributed by atoms with E-state index in [1.165, 1.54) is 21.1 Å². The number of amides is 4. The molecule has 0 spiro atoms. The molecule has 1 heterocycles. The van der Waals surface area contributed by atoms with E-state index in [0.29, 0.717) is 23.6 Å². The van der Waals surface area contributed by atoms with Crippen molar-refractivity contribution in [1.29, 1.82) is 0 Å². The number of nitrogens with one attached hydrogen (secondary N) is 2. The highest BCUT2D eigenvalue weighted by atomic mass is 16.5. The Labute approximate surface area is 168 Å². The molecule has 10 heteroatoms. The van der Waals surface area contributed by atoms with E-state index in [2.05, 4.69) is 10.6 Å². The lowest BCUT2D eigenvalue weighted by molar-refractivity contribution is -0.155. The lowest BCUT2D eigenvalue weighted by atomic mass is 9.99. The van der Waals surface area contributed by atoms with Gasteiger partial charge in [0.1, 0.15) is 12.1 Å². The fraction of sp³-hybridized carbons (Fsp3) is 0.474. The molecule has 0 aliphatic carbocycles. The maximum Gasteiger partial charge on any atom is 0.327 e. The maximum absolute atomic E-state index is 12.3. The van der Waals surface area contributed by atoms with Gasteiger partial charge in [-0.25, -0.2) is 4.79 Å². The minimum Gasteiger partial charge on any atom is -0.493 e. The third-order valence-electron chi connectivity index (χ3n) is 4.67. The van der Waals surface area contributed by atoms with Crippen molar-refractivity contribution >= 4 is 29.5 Å². The molecule has 2 unspecified atom stereocenters. The third kappa shape index (κ3) is 4.76. The van der Waals surface area contributed by atoms with Crippen molar-refractivity contribution in [3.63, 3.8) is 0 Å². The minimum atomic E-state index is -1.14. The van der Waals surface area contributed by atoms with E-state index in [1.54, 1.807) is 32.0 Å². The largest absolute Gasteiger partial charge is 0.493 e. The van der Waals surface area contributed by atoms with Crippen molar-refractivity contribution in [2.75, 3.05) is 26.1 Å². The van der Waals surface area contributed by atoms with Gasteiger partial charge in [0.2, 0.25) is 0 Å². The highest BCUT2D eigenvalue weighted by molar-refractivity contribution is 6.08. The number of urea groups is 1. The summed E-state index contributed by atoms with van der Waals surface area (Å²) in [4.78, 5) is 49.5. The van der Waals surface area contributed by atoms with Crippen molar-refractivity contribution in [1.82, 2.24) is 10.2 Å². The third-order valence-corrected chi connectivity index (χ3v) is 4.67. The topological polar surface area (TPSA) is 123 Å². The average molecular weight is 407 g/mol. The number of nitrogens with zero attached hydrogens (tertiary/aromatic N) is 1. The number of carbonyl (C=O) groups is 4. The summed E-state index contributed by atoms with van der Waals surface area (Å²) in [6, 6.07) is 4.11. The zero-order valence-electron chi connectivity index (χ0n) is 17.0. The van der Waals surface area contributed by atoms with Gasteiger partial charge in [0.25, 0.3) is 11.8 Å². The zero-order chi connectivity index (χ0) is 21.8. The average Bonchev–Trinajstić information content (AvgIpc) is 2.91. The van der Waals surface area contributed by atoms with E-state index in [4.69, 9.17) is 14.2 Å². The van der Waals surface area contributed by atoms with Crippen LogP contribution in [0, 0.1) is 0 Å². The number of methoxy groups -OCH3 is 2. The number of hydrogen-bond donors (Lipinski definition) is 2. The standard InChI is InChI=1S/C19H25N3O7/c1-6-19(3)17(25)22(18(26)21-19)10-15(23)29-11(2)16(24)20-12-7-8-13(27-4)14(9-12)28-5/h7-9,11H,6,10H2,1-5H3,(H,20,24)(H,21,26). The van der Waals surface area contributed by atoms with E-state index in [-0.39, 0.29) is 0 Å². The normalized spacial score (nSPS) is 19.4. The van der Waals surface area contributed by atoms with Crippen molar-refractivity contribution in [3.05, 3.63) is 18.2 Å².